The van der Waals surface area contributed by atoms with E-state index in [1.807, 2.05) is 0 Å². The van der Waals surface area contributed by atoms with Crippen LogP contribution in [0.15, 0.2) is 0 Å². The van der Waals surface area contributed by atoms with Gasteiger partial charge in [-0.3, -0.25) is 0 Å². The quantitative estimate of drug-likeness (QED) is 0.684. The second kappa shape index (κ2) is 5.94. The van der Waals surface area contributed by atoms with E-state index in [-0.39, 0.29) is 22.7 Å². The molecule has 2 heterocycles. The van der Waals surface area contributed by atoms with E-state index >= 15 is 0 Å². The van der Waals surface area contributed by atoms with E-state index in [9.17, 15) is 5.11 Å². The van der Waals surface area contributed by atoms with Crippen LogP contribution in [-0.2, 0) is 18.9 Å². The van der Waals surface area contributed by atoms with Gasteiger partial charge >= 0.3 is 0 Å². The first-order chi connectivity index (χ1) is 13.4. The van der Waals surface area contributed by atoms with E-state index in [1.165, 1.54) is 19.3 Å². The molecule has 0 bridgehead atoms. The molecule has 2 saturated heterocycles. The molecule has 5 nitrogen and oxygen atoms in total. The Kier molecular flexibility index (Phi) is 3.94. The average molecular weight is 393 g/mol. The van der Waals surface area contributed by atoms with Crippen LogP contribution < -0.4 is 0 Å². The second-order valence-electron chi connectivity index (χ2n) is 11.0. The van der Waals surface area contributed by atoms with Gasteiger partial charge in [0.2, 0.25) is 0 Å². The molecule has 0 amide bonds. The highest BCUT2D eigenvalue weighted by atomic mass is 16.7. The van der Waals surface area contributed by atoms with Gasteiger partial charge in [0.25, 0.3) is 0 Å². The molecule has 7 atom stereocenters. The highest BCUT2D eigenvalue weighted by molar-refractivity contribution is 5.14. The number of hydrogen-bond acceptors (Lipinski definition) is 5. The third kappa shape index (κ3) is 2.21. The van der Waals surface area contributed by atoms with Crippen molar-refractivity contribution < 1.29 is 24.1 Å². The van der Waals surface area contributed by atoms with Crippen molar-refractivity contribution in [3.05, 3.63) is 0 Å². The van der Waals surface area contributed by atoms with Crippen LogP contribution in [0.2, 0.25) is 0 Å². The monoisotopic (exact) mass is 392 g/mol. The van der Waals surface area contributed by atoms with Crippen molar-refractivity contribution in [2.45, 2.75) is 82.9 Å². The fourth-order valence-electron chi connectivity index (χ4n) is 8.87. The molecule has 0 radical (unpaired) electrons. The Balaban J connectivity index is 1.31. The summed E-state index contributed by atoms with van der Waals surface area (Å²) in [5.74, 6) is 1.40. The predicted molar refractivity (Wildman–Crippen MR) is 102 cm³/mol. The van der Waals surface area contributed by atoms with Gasteiger partial charge in [-0.1, -0.05) is 13.8 Å². The standard InChI is InChI=1S/C23H36O5/c1-20-7-8-22(25-9-10-26-22)14-18(20)19(24)13-15-16(20)3-5-21(2)17(15)4-6-23(21)27-11-12-28-23/h15-19,24H,3-14H2,1-2H3. The lowest BCUT2D eigenvalue weighted by Crippen LogP contribution is -2.61. The van der Waals surface area contributed by atoms with Crippen LogP contribution in [0.4, 0.5) is 0 Å². The van der Waals surface area contributed by atoms with E-state index in [1.54, 1.807) is 0 Å². The van der Waals surface area contributed by atoms with Crippen LogP contribution in [0.1, 0.15) is 65.2 Å². The molecule has 4 saturated carbocycles. The molecule has 6 fully saturated rings. The second-order valence-corrected chi connectivity index (χ2v) is 11.0. The lowest BCUT2D eigenvalue weighted by Gasteiger charge is -2.63. The maximum atomic E-state index is 11.3. The molecule has 2 aliphatic heterocycles. The lowest BCUT2D eigenvalue weighted by atomic mass is 9.44. The zero-order valence-electron chi connectivity index (χ0n) is 17.5. The van der Waals surface area contributed by atoms with Crippen LogP contribution in [0, 0.1) is 34.5 Å². The van der Waals surface area contributed by atoms with Crippen molar-refractivity contribution in [3.8, 4) is 0 Å². The Morgan fingerprint density at radius 1 is 0.750 bits per heavy atom. The van der Waals surface area contributed by atoms with Crippen LogP contribution in [0.25, 0.3) is 0 Å². The molecule has 0 aromatic carbocycles. The summed E-state index contributed by atoms with van der Waals surface area (Å²) in [6.45, 7) is 7.77. The highest BCUT2D eigenvalue weighted by Gasteiger charge is 2.69. The molecule has 2 spiro atoms. The van der Waals surface area contributed by atoms with Crippen molar-refractivity contribution in [1.82, 2.24) is 0 Å². The largest absolute Gasteiger partial charge is 0.393 e. The number of hydrogen-bond donors (Lipinski definition) is 1. The van der Waals surface area contributed by atoms with Crippen LogP contribution in [0.5, 0.6) is 0 Å². The minimum atomic E-state index is -0.413. The number of aliphatic hydroxyl groups is 1. The summed E-state index contributed by atoms with van der Waals surface area (Å²) in [4.78, 5) is 0. The first kappa shape index (κ1) is 18.6. The third-order valence-electron chi connectivity index (χ3n) is 10.3. The fourth-order valence-corrected chi connectivity index (χ4v) is 8.87. The molecular formula is C23H36O5. The zero-order chi connectivity index (χ0) is 19.2. The molecule has 0 aromatic heterocycles. The fraction of sp³-hybridized carbons (Fsp3) is 1.00. The van der Waals surface area contributed by atoms with Gasteiger partial charge in [0, 0.05) is 24.7 Å². The summed E-state index contributed by atoms with van der Waals surface area (Å²) < 4.78 is 24.6. The predicted octanol–water partition coefficient (Wildman–Crippen LogP) is 3.49. The molecular weight excluding hydrogens is 356 g/mol. The summed E-state index contributed by atoms with van der Waals surface area (Å²) in [6.07, 6.45) is 8.27. The van der Waals surface area contributed by atoms with E-state index in [2.05, 4.69) is 13.8 Å². The summed E-state index contributed by atoms with van der Waals surface area (Å²) in [5, 5.41) is 11.3. The van der Waals surface area contributed by atoms with Crippen LogP contribution >= 0.6 is 0 Å². The Bertz CT molecular complexity index is 639. The SMILES string of the molecule is CC12CCC3(CC1C(O)CC1C2CCC2(C)C1CCC21OCCO1)OCCO3. The first-order valence-corrected chi connectivity index (χ1v) is 11.7. The van der Waals surface area contributed by atoms with Gasteiger partial charge in [0.05, 0.1) is 32.5 Å². The third-order valence-corrected chi connectivity index (χ3v) is 10.3. The Morgan fingerprint density at radius 2 is 1.43 bits per heavy atom. The van der Waals surface area contributed by atoms with E-state index < -0.39 is 5.79 Å². The van der Waals surface area contributed by atoms with Crippen molar-refractivity contribution in [3.63, 3.8) is 0 Å². The van der Waals surface area contributed by atoms with Gasteiger partial charge < -0.3 is 24.1 Å². The van der Waals surface area contributed by atoms with E-state index in [0.29, 0.717) is 36.9 Å². The molecule has 5 heteroatoms. The lowest BCUT2D eigenvalue weighted by molar-refractivity contribution is -0.269. The summed E-state index contributed by atoms with van der Waals surface area (Å²) in [5.41, 5.74) is 0.290. The number of aliphatic hydroxyl groups excluding tert-OH is 1. The summed E-state index contributed by atoms with van der Waals surface area (Å²) >= 11 is 0. The molecule has 6 aliphatic rings. The minimum absolute atomic E-state index is 0.0984. The topological polar surface area (TPSA) is 57.2 Å². The normalized spacial score (nSPS) is 53.9. The van der Waals surface area contributed by atoms with Crippen molar-refractivity contribution in [2.75, 3.05) is 26.4 Å². The molecule has 1 N–H and O–H groups in total. The molecule has 0 aromatic rings. The maximum Gasteiger partial charge on any atom is 0.174 e. The first-order valence-electron chi connectivity index (χ1n) is 11.7. The number of fused-ring (bicyclic) bond motifs is 6. The van der Waals surface area contributed by atoms with E-state index in [4.69, 9.17) is 18.9 Å². The zero-order valence-corrected chi connectivity index (χ0v) is 17.5. The molecule has 28 heavy (non-hydrogen) atoms. The maximum absolute atomic E-state index is 11.3. The molecule has 4 aliphatic carbocycles. The number of ether oxygens (including phenoxy) is 4. The Morgan fingerprint density at radius 3 is 2.18 bits per heavy atom. The van der Waals surface area contributed by atoms with Crippen LogP contribution in [-0.4, -0.2) is 49.2 Å². The molecule has 6 rings (SSSR count). The van der Waals surface area contributed by atoms with Crippen molar-refractivity contribution in [2.24, 2.45) is 34.5 Å². The van der Waals surface area contributed by atoms with Crippen LogP contribution in [0.3, 0.4) is 0 Å². The number of rotatable bonds is 0. The van der Waals surface area contributed by atoms with Gasteiger partial charge in [-0.25, -0.2) is 0 Å². The van der Waals surface area contributed by atoms with Gasteiger partial charge in [-0.05, 0) is 61.2 Å². The average Bonchev–Trinajstić information content (AvgIpc) is 3.39. The van der Waals surface area contributed by atoms with Gasteiger partial charge in [-0.2, -0.15) is 0 Å². The van der Waals surface area contributed by atoms with E-state index in [0.717, 1.165) is 45.3 Å². The Hall–Kier alpha value is -0.200. The Labute approximate surface area is 168 Å². The van der Waals surface area contributed by atoms with Gasteiger partial charge in [0.1, 0.15) is 0 Å². The minimum Gasteiger partial charge on any atom is -0.393 e. The van der Waals surface area contributed by atoms with Crippen molar-refractivity contribution >= 4 is 0 Å². The summed E-state index contributed by atoms with van der Waals surface area (Å²) in [6, 6.07) is 0. The highest BCUT2D eigenvalue weighted by Crippen LogP contribution is 2.70. The molecule has 158 valence electrons. The molecule has 7 unspecified atom stereocenters. The summed E-state index contributed by atoms with van der Waals surface area (Å²) in [7, 11) is 0. The van der Waals surface area contributed by atoms with Crippen molar-refractivity contribution in [1.29, 1.82) is 0 Å². The van der Waals surface area contributed by atoms with Gasteiger partial charge in [-0.15, -0.1) is 0 Å². The van der Waals surface area contributed by atoms with Gasteiger partial charge in [0.15, 0.2) is 11.6 Å². The smallest absolute Gasteiger partial charge is 0.174 e.